The Labute approximate surface area is 176 Å². The van der Waals surface area contributed by atoms with Gasteiger partial charge in [-0.15, -0.1) is 0 Å². The molecular formula is C21H25Cl2N3O2. The molecule has 2 N–H and O–H groups in total. The lowest BCUT2D eigenvalue weighted by Crippen LogP contribution is -2.39. The zero-order valence-corrected chi connectivity index (χ0v) is 18.0. The number of urea groups is 1. The lowest BCUT2D eigenvalue weighted by atomic mass is 10.1. The van der Waals surface area contributed by atoms with E-state index in [1.807, 2.05) is 39.8 Å². The number of hydrogen-bond donors (Lipinski definition) is 2. The van der Waals surface area contributed by atoms with E-state index < -0.39 is 0 Å². The average molecular weight is 422 g/mol. The van der Waals surface area contributed by atoms with Gasteiger partial charge in [0.15, 0.2) is 0 Å². The molecule has 0 unspecified atom stereocenters. The molecule has 0 spiro atoms. The number of carbonyl (C=O) groups is 2. The number of nitrogens with zero attached hydrogens (tertiary/aromatic N) is 1. The van der Waals surface area contributed by atoms with Gasteiger partial charge in [0, 0.05) is 30.4 Å². The summed E-state index contributed by atoms with van der Waals surface area (Å²) in [7, 11) is 0. The summed E-state index contributed by atoms with van der Waals surface area (Å²) in [6.07, 6.45) is 0. The van der Waals surface area contributed by atoms with E-state index in [0.29, 0.717) is 34.4 Å². The van der Waals surface area contributed by atoms with Gasteiger partial charge in [0.2, 0.25) is 0 Å². The van der Waals surface area contributed by atoms with Gasteiger partial charge >= 0.3 is 6.03 Å². The van der Waals surface area contributed by atoms with Crippen molar-refractivity contribution in [1.29, 1.82) is 0 Å². The molecule has 3 amide bonds. The van der Waals surface area contributed by atoms with E-state index in [2.05, 4.69) is 10.6 Å². The molecule has 0 fully saturated rings. The highest BCUT2D eigenvalue weighted by molar-refractivity contribution is 6.42. The molecule has 0 heterocycles. The maximum atomic E-state index is 12.9. The van der Waals surface area contributed by atoms with Crippen molar-refractivity contribution in [2.24, 2.45) is 0 Å². The van der Waals surface area contributed by atoms with E-state index >= 15 is 0 Å². The van der Waals surface area contributed by atoms with Gasteiger partial charge < -0.3 is 15.5 Å². The number of rotatable bonds is 6. The summed E-state index contributed by atoms with van der Waals surface area (Å²) in [6, 6.07) is 10.3. The van der Waals surface area contributed by atoms with Gasteiger partial charge in [0.05, 0.1) is 10.0 Å². The van der Waals surface area contributed by atoms with Crippen LogP contribution in [0.4, 0.5) is 10.5 Å². The fraction of sp³-hybridized carbons (Fsp3) is 0.333. The van der Waals surface area contributed by atoms with E-state index in [9.17, 15) is 9.59 Å². The molecule has 0 saturated carbocycles. The fourth-order valence-electron chi connectivity index (χ4n) is 2.67. The highest BCUT2D eigenvalue weighted by Gasteiger charge is 2.19. The molecule has 0 aliphatic carbocycles. The van der Waals surface area contributed by atoms with Crippen molar-refractivity contribution in [1.82, 2.24) is 10.2 Å². The Kier molecular flexibility index (Phi) is 7.72. The van der Waals surface area contributed by atoms with Crippen LogP contribution in [0, 0.1) is 6.92 Å². The van der Waals surface area contributed by atoms with Gasteiger partial charge in [-0.25, -0.2) is 4.79 Å². The van der Waals surface area contributed by atoms with Crippen LogP contribution in [-0.4, -0.2) is 29.4 Å². The summed E-state index contributed by atoms with van der Waals surface area (Å²) in [5.41, 5.74) is 2.86. The molecule has 0 saturated heterocycles. The number of aryl methyl sites for hydroxylation is 1. The minimum absolute atomic E-state index is 0.0404. The van der Waals surface area contributed by atoms with E-state index in [-0.39, 0.29) is 18.0 Å². The van der Waals surface area contributed by atoms with E-state index in [1.165, 1.54) is 0 Å². The third-order valence-electron chi connectivity index (χ3n) is 4.30. The molecule has 2 rings (SSSR count). The molecule has 0 aromatic heterocycles. The maximum absolute atomic E-state index is 12.9. The predicted molar refractivity (Wildman–Crippen MR) is 115 cm³/mol. The quantitative estimate of drug-likeness (QED) is 0.646. The summed E-state index contributed by atoms with van der Waals surface area (Å²) in [5.74, 6) is -0.172. The van der Waals surface area contributed by atoms with Crippen LogP contribution in [0.3, 0.4) is 0 Å². The van der Waals surface area contributed by atoms with E-state index in [4.69, 9.17) is 23.2 Å². The third-order valence-corrected chi connectivity index (χ3v) is 5.04. The largest absolute Gasteiger partial charge is 0.352 e. The smallest absolute Gasteiger partial charge is 0.322 e. The normalized spacial score (nSPS) is 10.7. The molecule has 0 aliphatic heterocycles. The number of nitrogens with one attached hydrogen (secondary N) is 2. The Bertz CT molecular complexity index is 869. The molecule has 0 radical (unpaired) electrons. The molecule has 150 valence electrons. The second-order valence-electron chi connectivity index (χ2n) is 6.79. The van der Waals surface area contributed by atoms with Crippen molar-refractivity contribution in [3.63, 3.8) is 0 Å². The molecule has 0 aliphatic rings. The van der Waals surface area contributed by atoms with E-state index in [1.54, 1.807) is 29.2 Å². The molecule has 0 atom stereocenters. The van der Waals surface area contributed by atoms with Crippen molar-refractivity contribution in [3.05, 3.63) is 63.1 Å². The number of amides is 3. The minimum atomic E-state index is -0.253. The number of hydrogen-bond acceptors (Lipinski definition) is 2. The molecule has 28 heavy (non-hydrogen) atoms. The van der Waals surface area contributed by atoms with E-state index in [0.717, 1.165) is 11.1 Å². The Hall–Kier alpha value is -2.24. The Morgan fingerprint density at radius 1 is 1.07 bits per heavy atom. The van der Waals surface area contributed by atoms with Crippen molar-refractivity contribution >= 4 is 40.8 Å². The molecule has 5 nitrogen and oxygen atoms in total. The lowest BCUT2D eigenvalue weighted by Gasteiger charge is -2.27. The van der Waals surface area contributed by atoms with Gasteiger partial charge in [0.25, 0.3) is 5.91 Å². The second-order valence-corrected chi connectivity index (χ2v) is 7.60. The van der Waals surface area contributed by atoms with Gasteiger partial charge in [0.1, 0.15) is 0 Å². The van der Waals surface area contributed by atoms with Crippen LogP contribution >= 0.6 is 23.2 Å². The highest BCUT2D eigenvalue weighted by Crippen LogP contribution is 2.24. The van der Waals surface area contributed by atoms with Gasteiger partial charge in [-0.05, 0) is 63.1 Å². The lowest BCUT2D eigenvalue weighted by molar-refractivity contribution is 0.0955. The first-order chi connectivity index (χ1) is 13.2. The second kappa shape index (κ2) is 9.80. The van der Waals surface area contributed by atoms with Crippen LogP contribution in [0.25, 0.3) is 0 Å². The van der Waals surface area contributed by atoms with Gasteiger partial charge in [-0.2, -0.15) is 0 Å². The Balaban J connectivity index is 2.21. The topological polar surface area (TPSA) is 61.4 Å². The van der Waals surface area contributed by atoms with Gasteiger partial charge in [-0.1, -0.05) is 35.3 Å². The number of carbonyl (C=O) groups excluding carboxylic acids is 2. The number of halogens is 2. The maximum Gasteiger partial charge on any atom is 0.322 e. The molecule has 2 aromatic rings. The first kappa shape index (κ1) is 22.1. The first-order valence-electron chi connectivity index (χ1n) is 9.13. The zero-order chi connectivity index (χ0) is 20.8. The monoisotopic (exact) mass is 421 g/mol. The predicted octanol–water partition coefficient (Wildman–Crippen LogP) is 5.49. The molecular weight excluding hydrogens is 397 g/mol. The molecule has 7 heteroatoms. The Morgan fingerprint density at radius 2 is 1.79 bits per heavy atom. The summed E-state index contributed by atoms with van der Waals surface area (Å²) >= 11 is 12.1. The summed E-state index contributed by atoms with van der Waals surface area (Å²) in [6.45, 7) is 8.55. The highest BCUT2D eigenvalue weighted by atomic mass is 35.5. The van der Waals surface area contributed by atoms with Crippen LogP contribution < -0.4 is 10.6 Å². The summed E-state index contributed by atoms with van der Waals surface area (Å²) in [5, 5.41) is 6.61. The van der Waals surface area contributed by atoms with Crippen LogP contribution in [0.5, 0.6) is 0 Å². The number of benzene rings is 2. The summed E-state index contributed by atoms with van der Waals surface area (Å²) in [4.78, 5) is 26.7. The molecule has 2 aromatic carbocycles. The zero-order valence-electron chi connectivity index (χ0n) is 16.5. The minimum Gasteiger partial charge on any atom is -0.352 e. The third kappa shape index (κ3) is 5.63. The summed E-state index contributed by atoms with van der Waals surface area (Å²) < 4.78 is 0. The van der Waals surface area contributed by atoms with Crippen LogP contribution in [0.2, 0.25) is 10.0 Å². The van der Waals surface area contributed by atoms with Crippen molar-refractivity contribution < 1.29 is 9.59 Å². The van der Waals surface area contributed by atoms with Crippen molar-refractivity contribution in [3.8, 4) is 0 Å². The van der Waals surface area contributed by atoms with Crippen molar-refractivity contribution in [2.75, 3.05) is 11.9 Å². The Morgan fingerprint density at radius 3 is 2.39 bits per heavy atom. The van der Waals surface area contributed by atoms with Crippen molar-refractivity contribution in [2.45, 2.75) is 40.3 Å². The number of anilines is 1. The molecule has 0 bridgehead atoms. The first-order valence-corrected chi connectivity index (χ1v) is 9.89. The van der Waals surface area contributed by atoms with Gasteiger partial charge in [-0.3, -0.25) is 4.79 Å². The fourth-order valence-corrected chi connectivity index (χ4v) is 2.99. The van der Waals surface area contributed by atoms with Crippen LogP contribution in [0.1, 0.15) is 42.3 Å². The SMILES string of the molecule is CCNC(=O)c1ccc(C)c(NC(=O)N(Cc2ccc(Cl)c(Cl)c2)C(C)C)c1. The van der Waals surface area contributed by atoms with Crippen LogP contribution in [0.15, 0.2) is 36.4 Å². The average Bonchev–Trinajstić information content (AvgIpc) is 2.64. The van der Waals surface area contributed by atoms with Crippen LogP contribution in [-0.2, 0) is 6.54 Å². The standard InChI is InChI=1S/C21H25Cl2N3O2/c1-5-24-20(27)16-8-6-14(4)19(11-16)25-21(28)26(13(2)3)12-15-7-9-17(22)18(23)10-15/h6-11,13H,5,12H2,1-4H3,(H,24,27)(H,25,28).